The number of alkyl carbamates (subject to hydrolysis) is 1. The van der Waals surface area contributed by atoms with Crippen LogP contribution in [0.5, 0.6) is 0 Å². The Kier molecular flexibility index (Phi) is 3.10. The van der Waals surface area contributed by atoms with Crippen molar-refractivity contribution in [3.05, 3.63) is 0 Å². The zero-order valence-corrected chi connectivity index (χ0v) is 10.4. The first-order valence-corrected chi connectivity index (χ1v) is 6.14. The van der Waals surface area contributed by atoms with E-state index in [-0.39, 0.29) is 6.09 Å². The van der Waals surface area contributed by atoms with Gasteiger partial charge >= 0.3 is 6.09 Å². The lowest BCUT2D eigenvalue weighted by molar-refractivity contribution is 0.0494. The van der Waals surface area contributed by atoms with Crippen LogP contribution in [0.3, 0.4) is 0 Å². The predicted octanol–water partition coefficient (Wildman–Crippen LogP) is 1.51. The largest absolute Gasteiger partial charge is 0.444 e. The molecule has 2 N–H and O–H groups in total. The van der Waals surface area contributed by atoms with Crippen LogP contribution in [0.15, 0.2) is 0 Å². The van der Waals surface area contributed by atoms with Gasteiger partial charge in [-0.1, -0.05) is 0 Å². The Morgan fingerprint density at radius 2 is 2.06 bits per heavy atom. The van der Waals surface area contributed by atoms with E-state index in [9.17, 15) is 4.79 Å². The molecule has 1 saturated carbocycles. The van der Waals surface area contributed by atoms with Crippen molar-refractivity contribution in [1.29, 1.82) is 0 Å². The first-order chi connectivity index (χ1) is 7.44. The molecule has 0 spiro atoms. The highest BCUT2D eigenvalue weighted by Crippen LogP contribution is 2.33. The molecular weight excluding hydrogens is 204 g/mol. The average molecular weight is 226 g/mol. The maximum atomic E-state index is 11.6. The maximum absolute atomic E-state index is 11.6. The molecule has 2 aliphatic rings. The Morgan fingerprint density at radius 3 is 2.69 bits per heavy atom. The second kappa shape index (κ2) is 4.24. The minimum absolute atomic E-state index is 0.273. The number of fused-ring (bicyclic) bond motifs is 2. The van der Waals surface area contributed by atoms with E-state index in [1.54, 1.807) is 0 Å². The highest BCUT2D eigenvalue weighted by molar-refractivity contribution is 5.68. The molecular formula is C12H22N2O2. The summed E-state index contributed by atoms with van der Waals surface area (Å²) in [4.78, 5) is 11.6. The highest BCUT2D eigenvalue weighted by Gasteiger charge is 2.38. The number of hydrogen-bond acceptors (Lipinski definition) is 3. The van der Waals surface area contributed by atoms with Crippen LogP contribution in [0.2, 0.25) is 0 Å². The summed E-state index contributed by atoms with van der Waals surface area (Å²) in [6, 6.07) is 0.301. The molecule has 0 radical (unpaired) electrons. The number of piperidine rings is 1. The van der Waals surface area contributed by atoms with Gasteiger partial charge < -0.3 is 15.4 Å². The fourth-order valence-electron chi connectivity index (χ4n) is 2.74. The van der Waals surface area contributed by atoms with Gasteiger partial charge in [0.15, 0.2) is 0 Å². The van der Waals surface area contributed by atoms with E-state index in [0.717, 1.165) is 25.4 Å². The van der Waals surface area contributed by atoms with E-state index < -0.39 is 5.60 Å². The van der Waals surface area contributed by atoms with Gasteiger partial charge in [-0.05, 0) is 58.5 Å². The molecule has 2 bridgehead atoms. The molecule has 1 aliphatic heterocycles. The third-order valence-electron chi connectivity index (χ3n) is 3.33. The van der Waals surface area contributed by atoms with Gasteiger partial charge in [0.1, 0.15) is 5.60 Å². The summed E-state index contributed by atoms with van der Waals surface area (Å²) in [6.07, 6.45) is 2.06. The Labute approximate surface area is 97.1 Å². The first kappa shape index (κ1) is 11.7. The smallest absolute Gasteiger partial charge is 0.407 e. The topological polar surface area (TPSA) is 50.4 Å². The second-order valence-corrected chi connectivity index (χ2v) is 6.01. The number of carbonyl (C=O) groups is 1. The molecule has 4 heteroatoms. The summed E-state index contributed by atoms with van der Waals surface area (Å²) in [5.41, 5.74) is -0.407. The Balaban J connectivity index is 1.84. The first-order valence-electron chi connectivity index (χ1n) is 6.14. The van der Waals surface area contributed by atoms with Crippen LogP contribution < -0.4 is 10.6 Å². The lowest BCUT2D eigenvalue weighted by atomic mass is 10.00. The Morgan fingerprint density at radius 1 is 1.31 bits per heavy atom. The Bertz CT molecular complexity index is 273. The number of hydrogen-bond donors (Lipinski definition) is 2. The number of rotatable bonds is 1. The molecule has 1 aliphatic carbocycles. The van der Waals surface area contributed by atoms with Crippen LogP contribution in [0.25, 0.3) is 0 Å². The number of carbonyl (C=O) groups excluding carboxylic acids is 1. The van der Waals surface area contributed by atoms with Crippen molar-refractivity contribution in [3.63, 3.8) is 0 Å². The molecule has 4 nitrogen and oxygen atoms in total. The minimum Gasteiger partial charge on any atom is -0.444 e. The molecule has 1 saturated heterocycles. The summed E-state index contributed by atoms with van der Waals surface area (Å²) >= 11 is 0. The highest BCUT2D eigenvalue weighted by atomic mass is 16.6. The van der Waals surface area contributed by atoms with Gasteiger partial charge in [0.25, 0.3) is 0 Å². The van der Waals surface area contributed by atoms with Crippen molar-refractivity contribution in [2.45, 2.75) is 45.3 Å². The molecule has 0 aromatic rings. The third kappa shape index (κ3) is 2.88. The van der Waals surface area contributed by atoms with E-state index in [0.29, 0.717) is 12.0 Å². The summed E-state index contributed by atoms with van der Waals surface area (Å²) in [6.45, 7) is 7.80. The van der Waals surface area contributed by atoms with E-state index in [1.807, 2.05) is 20.8 Å². The van der Waals surface area contributed by atoms with Crippen molar-refractivity contribution in [2.75, 3.05) is 13.1 Å². The van der Waals surface area contributed by atoms with Gasteiger partial charge in [0.05, 0.1) is 0 Å². The molecule has 1 amide bonds. The average Bonchev–Trinajstić information content (AvgIpc) is 2.38. The summed E-state index contributed by atoms with van der Waals surface area (Å²) < 4.78 is 5.28. The van der Waals surface area contributed by atoms with Gasteiger partial charge in [-0.2, -0.15) is 0 Å². The van der Waals surface area contributed by atoms with Crippen LogP contribution in [0.1, 0.15) is 33.6 Å². The van der Waals surface area contributed by atoms with Gasteiger partial charge in [-0.3, -0.25) is 0 Å². The quantitative estimate of drug-likeness (QED) is 0.712. The second-order valence-electron chi connectivity index (χ2n) is 6.01. The fourth-order valence-corrected chi connectivity index (χ4v) is 2.74. The minimum atomic E-state index is -0.407. The molecule has 1 heterocycles. The van der Waals surface area contributed by atoms with Crippen molar-refractivity contribution < 1.29 is 9.53 Å². The predicted molar refractivity (Wildman–Crippen MR) is 62.2 cm³/mol. The number of ether oxygens (including phenoxy) is 1. The molecule has 3 unspecified atom stereocenters. The van der Waals surface area contributed by atoms with Crippen LogP contribution in [-0.4, -0.2) is 30.8 Å². The summed E-state index contributed by atoms with van der Waals surface area (Å²) in [5.74, 6) is 1.32. The summed E-state index contributed by atoms with van der Waals surface area (Å²) in [7, 11) is 0. The fraction of sp³-hybridized carbons (Fsp3) is 0.917. The van der Waals surface area contributed by atoms with E-state index >= 15 is 0 Å². The molecule has 0 aromatic carbocycles. The Hall–Kier alpha value is -0.770. The van der Waals surface area contributed by atoms with Crippen molar-refractivity contribution in [2.24, 2.45) is 11.8 Å². The molecule has 2 rings (SSSR count). The van der Waals surface area contributed by atoms with E-state index in [1.165, 1.54) is 6.42 Å². The van der Waals surface area contributed by atoms with Gasteiger partial charge in [-0.15, -0.1) is 0 Å². The molecule has 2 fully saturated rings. The normalized spacial score (nSPS) is 33.6. The van der Waals surface area contributed by atoms with Crippen molar-refractivity contribution in [1.82, 2.24) is 10.6 Å². The molecule has 0 aromatic heterocycles. The van der Waals surface area contributed by atoms with Crippen LogP contribution in [-0.2, 0) is 4.74 Å². The number of nitrogens with one attached hydrogen (secondary N) is 2. The maximum Gasteiger partial charge on any atom is 0.407 e. The zero-order valence-electron chi connectivity index (χ0n) is 10.4. The summed E-state index contributed by atoms with van der Waals surface area (Å²) in [5, 5.41) is 6.41. The SMILES string of the molecule is CC(C)(C)OC(=O)NC1CC2CNCC1C2. The van der Waals surface area contributed by atoms with Gasteiger partial charge in [-0.25, -0.2) is 4.79 Å². The lowest BCUT2D eigenvalue weighted by Gasteiger charge is -2.25. The van der Waals surface area contributed by atoms with Crippen molar-refractivity contribution >= 4 is 6.09 Å². The van der Waals surface area contributed by atoms with E-state index in [4.69, 9.17) is 4.74 Å². The van der Waals surface area contributed by atoms with Crippen LogP contribution in [0, 0.1) is 11.8 Å². The molecule has 16 heavy (non-hydrogen) atoms. The standard InChI is InChI=1S/C12H22N2O2/c1-12(2,3)16-11(15)14-10-5-8-4-9(10)7-13-6-8/h8-10,13H,4-7H2,1-3H3,(H,14,15). The van der Waals surface area contributed by atoms with Crippen LogP contribution >= 0.6 is 0 Å². The monoisotopic (exact) mass is 226 g/mol. The third-order valence-corrected chi connectivity index (χ3v) is 3.33. The van der Waals surface area contributed by atoms with Gasteiger partial charge in [0.2, 0.25) is 0 Å². The van der Waals surface area contributed by atoms with Gasteiger partial charge in [0, 0.05) is 6.04 Å². The van der Waals surface area contributed by atoms with Crippen molar-refractivity contribution in [3.8, 4) is 0 Å². The zero-order chi connectivity index (χ0) is 11.8. The molecule has 3 atom stereocenters. The van der Waals surface area contributed by atoms with Crippen LogP contribution in [0.4, 0.5) is 4.79 Å². The number of amides is 1. The lowest BCUT2D eigenvalue weighted by Crippen LogP contribution is -2.43. The molecule has 92 valence electrons. The van der Waals surface area contributed by atoms with E-state index in [2.05, 4.69) is 10.6 Å².